The van der Waals surface area contributed by atoms with Gasteiger partial charge in [-0.05, 0) is 12.1 Å². The quantitative estimate of drug-likeness (QED) is 0.575. The molecule has 1 aromatic carbocycles. The van der Waals surface area contributed by atoms with Gasteiger partial charge in [-0.25, -0.2) is 4.98 Å². The summed E-state index contributed by atoms with van der Waals surface area (Å²) in [6.45, 7) is 0. The molecule has 0 saturated carbocycles. The molecule has 0 unspecified atom stereocenters. The average molecular weight is 211 g/mol. The van der Waals surface area contributed by atoms with Crippen molar-refractivity contribution in [3.8, 4) is 0 Å². The van der Waals surface area contributed by atoms with E-state index in [2.05, 4.69) is 17.6 Å². The van der Waals surface area contributed by atoms with Gasteiger partial charge in [0.15, 0.2) is 0 Å². The molecule has 2 aromatic rings. The third-order valence-electron chi connectivity index (χ3n) is 1.48. The third-order valence-corrected chi connectivity index (χ3v) is 3.22. The summed E-state index contributed by atoms with van der Waals surface area (Å²) in [5, 5.41) is 0.828. The van der Waals surface area contributed by atoms with E-state index in [1.165, 1.54) is 0 Å². The van der Waals surface area contributed by atoms with E-state index in [0.29, 0.717) is 4.20 Å². The second-order valence-corrected chi connectivity index (χ2v) is 4.48. The summed E-state index contributed by atoms with van der Waals surface area (Å²) < 4.78 is 1.72. The van der Waals surface area contributed by atoms with E-state index in [1.54, 1.807) is 11.3 Å². The van der Waals surface area contributed by atoms with Crippen molar-refractivity contribution >= 4 is 50.6 Å². The van der Waals surface area contributed by atoms with Crippen molar-refractivity contribution in [1.82, 2.24) is 4.98 Å². The number of nitrogens with zero attached hydrogens (tertiary/aromatic N) is 1. The van der Waals surface area contributed by atoms with Gasteiger partial charge in [-0.2, -0.15) is 0 Å². The number of para-hydroxylation sites is 1. The lowest BCUT2D eigenvalue weighted by Crippen LogP contribution is -1.82. The lowest BCUT2D eigenvalue weighted by Gasteiger charge is -1.82. The number of hydrogen-bond donors (Lipinski definition) is 1. The summed E-state index contributed by atoms with van der Waals surface area (Å²) in [5.74, 6) is 0. The Bertz CT molecular complexity index is 400. The molecule has 0 saturated heterocycles. The Labute approximate surface area is 84.9 Å². The van der Waals surface area contributed by atoms with Gasteiger partial charge >= 0.3 is 0 Å². The zero-order valence-electron chi connectivity index (χ0n) is 6.02. The molecule has 0 radical (unpaired) electrons. The third kappa shape index (κ3) is 1.37. The van der Waals surface area contributed by atoms with E-state index in [1.807, 2.05) is 24.3 Å². The van der Waals surface area contributed by atoms with Crippen LogP contribution in [0.1, 0.15) is 5.01 Å². The summed E-state index contributed by atoms with van der Waals surface area (Å²) in [7, 11) is 0. The lowest BCUT2D eigenvalue weighted by atomic mass is 10.3. The highest BCUT2D eigenvalue weighted by molar-refractivity contribution is 8.12. The Morgan fingerprint density at radius 1 is 1.42 bits per heavy atom. The molecule has 0 aliphatic heterocycles. The van der Waals surface area contributed by atoms with Gasteiger partial charge in [-0.1, -0.05) is 24.4 Å². The molecule has 1 aromatic heterocycles. The summed E-state index contributed by atoms with van der Waals surface area (Å²) in [4.78, 5) is 4.31. The fourth-order valence-electron chi connectivity index (χ4n) is 0.964. The summed E-state index contributed by atoms with van der Waals surface area (Å²) in [5.41, 5.74) is 0.994. The van der Waals surface area contributed by atoms with Gasteiger partial charge in [-0.3, -0.25) is 0 Å². The Morgan fingerprint density at radius 3 is 2.83 bits per heavy atom. The summed E-state index contributed by atoms with van der Waals surface area (Å²) >= 11 is 10.6. The highest BCUT2D eigenvalue weighted by atomic mass is 32.1. The van der Waals surface area contributed by atoms with Gasteiger partial charge in [0.2, 0.25) is 0 Å². The van der Waals surface area contributed by atoms with Crippen molar-refractivity contribution in [1.29, 1.82) is 0 Å². The summed E-state index contributed by atoms with van der Waals surface area (Å²) in [6.07, 6.45) is 0. The molecule has 2 rings (SSSR count). The number of aromatic nitrogens is 1. The maximum atomic E-state index is 4.92. The number of benzene rings is 1. The number of rotatable bonds is 1. The van der Waals surface area contributed by atoms with Crippen LogP contribution in [0.2, 0.25) is 0 Å². The fourth-order valence-corrected chi connectivity index (χ4v) is 2.13. The maximum absolute atomic E-state index is 4.92. The van der Waals surface area contributed by atoms with Gasteiger partial charge in [-0.15, -0.1) is 24.0 Å². The number of thiazole rings is 1. The first-order valence-electron chi connectivity index (χ1n) is 3.36. The second kappa shape index (κ2) is 3.12. The maximum Gasteiger partial charge on any atom is 0.141 e. The summed E-state index contributed by atoms with van der Waals surface area (Å²) in [6, 6.07) is 7.96. The Balaban J connectivity index is 2.70. The van der Waals surface area contributed by atoms with E-state index in [4.69, 9.17) is 12.2 Å². The smallest absolute Gasteiger partial charge is 0.141 e. The SMILES string of the molecule is S=C(S)c1nc2ccccc2s1. The molecule has 0 bridgehead atoms. The molecule has 12 heavy (non-hydrogen) atoms. The first-order valence-corrected chi connectivity index (χ1v) is 5.03. The molecule has 0 N–H and O–H groups in total. The second-order valence-electron chi connectivity index (χ2n) is 2.29. The van der Waals surface area contributed by atoms with Crippen LogP contribution in [0.5, 0.6) is 0 Å². The molecule has 0 atom stereocenters. The van der Waals surface area contributed by atoms with Crippen molar-refractivity contribution in [3.63, 3.8) is 0 Å². The topological polar surface area (TPSA) is 12.9 Å². The van der Waals surface area contributed by atoms with E-state index >= 15 is 0 Å². The van der Waals surface area contributed by atoms with E-state index in [-0.39, 0.29) is 0 Å². The molecule has 1 heterocycles. The fraction of sp³-hybridized carbons (Fsp3) is 0. The molecule has 0 aliphatic rings. The van der Waals surface area contributed by atoms with Crippen molar-refractivity contribution in [2.45, 2.75) is 0 Å². The first-order chi connectivity index (χ1) is 5.77. The van der Waals surface area contributed by atoms with Gasteiger partial charge in [0, 0.05) is 0 Å². The predicted molar refractivity (Wildman–Crippen MR) is 60.3 cm³/mol. The van der Waals surface area contributed by atoms with Crippen LogP contribution in [0.15, 0.2) is 24.3 Å². The van der Waals surface area contributed by atoms with Gasteiger partial charge < -0.3 is 0 Å². The predicted octanol–water partition coefficient (Wildman–Crippen LogP) is 2.90. The molecular formula is C8H5NS3. The molecule has 60 valence electrons. The zero-order valence-corrected chi connectivity index (χ0v) is 8.55. The van der Waals surface area contributed by atoms with Crippen LogP contribution in [0.3, 0.4) is 0 Å². The average Bonchev–Trinajstić information content (AvgIpc) is 2.46. The molecule has 0 spiro atoms. The van der Waals surface area contributed by atoms with E-state index in [9.17, 15) is 0 Å². The van der Waals surface area contributed by atoms with Crippen molar-refractivity contribution in [2.75, 3.05) is 0 Å². The van der Waals surface area contributed by atoms with Gasteiger partial charge in [0.25, 0.3) is 0 Å². The van der Waals surface area contributed by atoms with Gasteiger partial charge in [0.05, 0.1) is 10.2 Å². The van der Waals surface area contributed by atoms with Gasteiger partial charge in [0.1, 0.15) is 9.20 Å². The normalized spacial score (nSPS) is 10.4. The molecule has 4 heteroatoms. The van der Waals surface area contributed by atoms with Crippen LogP contribution in [0, 0.1) is 0 Å². The van der Waals surface area contributed by atoms with Crippen LogP contribution in [0.4, 0.5) is 0 Å². The highest BCUT2D eigenvalue weighted by Gasteiger charge is 2.03. The van der Waals surface area contributed by atoms with Crippen molar-refractivity contribution in [3.05, 3.63) is 29.3 Å². The molecular weight excluding hydrogens is 206 g/mol. The zero-order chi connectivity index (χ0) is 8.55. The monoisotopic (exact) mass is 211 g/mol. The van der Waals surface area contributed by atoms with Crippen LogP contribution in [-0.4, -0.2) is 9.18 Å². The Kier molecular flexibility index (Phi) is 2.12. The van der Waals surface area contributed by atoms with Crippen LogP contribution in [-0.2, 0) is 0 Å². The minimum atomic E-state index is 0.566. The number of fused-ring (bicyclic) bond motifs is 1. The van der Waals surface area contributed by atoms with Crippen LogP contribution in [0.25, 0.3) is 10.2 Å². The highest BCUT2D eigenvalue weighted by Crippen LogP contribution is 2.22. The number of thiocarbonyl (C=S) groups is 1. The first kappa shape index (κ1) is 8.16. The number of thiol groups is 1. The van der Waals surface area contributed by atoms with Crippen LogP contribution >= 0.6 is 36.2 Å². The lowest BCUT2D eigenvalue weighted by molar-refractivity contribution is 1.48. The van der Waals surface area contributed by atoms with E-state index < -0.39 is 0 Å². The Hall–Kier alpha value is -0.450. The molecule has 0 fully saturated rings. The minimum absolute atomic E-state index is 0.566. The van der Waals surface area contributed by atoms with Crippen molar-refractivity contribution in [2.24, 2.45) is 0 Å². The Morgan fingerprint density at radius 2 is 2.17 bits per heavy atom. The number of hydrogen-bond acceptors (Lipinski definition) is 3. The standard InChI is InChI=1S/C8H5NS3/c10-8(11)7-9-5-3-1-2-4-6(5)12-7/h1-4H,(H,10,11). The minimum Gasteiger partial charge on any atom is -0.235 e. The van der Waals surface area contributed by atoms with Crippen molar-refractivity contribution < 1.29 is 0 Å². The van der Waals surface area contributed by atoms with Crippen LogP contribution < -0.4 is 0 Å². The van der Waals surface area contributed by atoms with E-state index in [0.717, 1.165) is 15.2 Å². The molecule has 1 nitrogen and oxygen atoms in total. The molecule has 0 aliphatic carbocycles. The molecule has 0 amide bonds. The largest absolute Gasteiger partial charge is 0.235 e.